The van der Waals surface area contributed by atoms with Gasteiger partial charge in [0.15, 0.2) is 24.8 Å². The minimum Gasteiger partial charge on any atom is -0.372 e. The molecule has 0 amide bonds. The molecule has 3 rings (SSSR count). The van der Waals surface area contributed by atoms with Gasteiger partial charge in [0.2, 0.25) is 0 Å². The fourth-order valence-electron chi connectivity index (χ4n) is 8.70. The van der Waals surface area contributed by atoms with Crippen LogP contribution >= 0.6 is 15.9 Å². The van der Waals surface area contributed by atoms with E-state index >= 15 is 0 Å². The molecule has 0 aliphatic rings. The molecule has 394 valence electrons. The van der Waals surface area contributed by atoms with Gasteiger partial charge in [-0.1, -0.05) is 237 Å². The van der Waals surface area contributed by atoms with Crippen molar-refractivity contribution in [2.75, 3.05) is 24.6 Å². The lowest BCUT2D eigenvalue weighted by molar-refractivity contribution is -0.694. The Kier molecular flexibility index (Phi) is 43.4. The van der Waals surface area contributed by atoms with Crippen LogP contribution < -0.4 is 14.0 Å². The summed E-state index contributed by atoms with van der Waals surface area (Å²) in [6, 6.07) is 17.6. The minimum atomic E-state index is -4.17. The summed E-state index contributed by atoms with van der Waals surface area (Å²) in [6.45, 7) is 14.8. The highest BCUT2D eigenvalue weighted by Crippen LogP contribution is 2.22. The van der Waals surface area contributed by atoms with Crippen LogP contribution in [0.4, 0.5) is 5.69 Å². The van der Waals surface area contributed by atoms with E-state index in [-0.39, 0.29) is 6.61 Å². The molecule has 0 aliphatic carbocycles. The van der Waals surface area contributed by atoms with Crippen LogP contribution in [0.3, 0.4) is 0 Å². The van der Waals surface area contributed by atoms with E-state index in [2.05, 4.69) is 129 Å². The zero-order valence-electron chi connectivity index (χ0n) is 45.0. The van der Waals surface area contributed by atoms with Gasteiger partial charge in [0, 0.05) is 42.5 Å². The lowest BCUT2D eigenvalue weighted by atomic mass is 10.0. The first-order valence-corrected chi connectivity index (χ1v) is 30.6. The second-order valence-electron chi connectivity index (χ2n) is 19.1. The third kappa shape index (κ3) is 39.7. The van der Waals surface area contributed by atoms with E-state index < -0.39 is 10.4 Å². The maximum atomic E-state index is 9.56. The summed E-state index contributed by atoms with van der Waals surface area (Å²) in [7, 11) is -4.17. The number of unbranched alkanes of at least 4 members (excludes halogenated alkanes) is 30. The Morgan fingerprint density at radius 1 is 0.493 bits per heavy atom. The van der Waals surface area contributed by atoms with Gasteiger partial charge in [0.25, 0.3) is 0 Å². The smallest absolute Gasteiger partial charge is 0.372 e. The Labute approximate surface area is 434 Å². The van der Waals surface area contributed by atoms with Crippen LogP contribution in [0.1, 0.15) is 251 Å². The number of benzene rings is 1. The van der Waals surface area contributed by atoms with E-state index in [1.165, 1.54) is 242 Å². The molecule has 0 fully saturated rings. The zero-order chi connectivity index (χ0) is 50.3. The largest absolute Gasteiger partial charge is 0.397 e. The Morgan fingerprint density at radius 2 is 0.870 bits per heavy atom. The van der Waals surface area contributed by atoms with Crippen molar-refractivity contribution in [3.8, 4) is 0 Å². The molecule has 0 spiro atoms. The molecular weight excluding hydrogens is 939 g/mol. The van der Waals surface area contributed by atoms with Crippen molar-refractivity contribution in [3.63, 3.8) is 0 Å². The molecule has 0 bridgehead atoms. The number of nitrogens with zero attached hydrogens (tertiary/aromatic N) is 3. The molecular formula is C60H104BrN3O4S+2. The summed E-state index contributed by atoms with van der Waals surface area (Å²) in [5.41, 5.74) is 3.89. The number of anilines is 1. The van der Waals surface area contributed by atoms with Crippen molar-refractivity contribution in [3.05, 3.63) is 88.9 Å². The quantitative estimate of drug-likeness (QED) is 0.0348. The maximum absolute atomic E-state index is 9.56. The zero-order valence-corrected chi connectivity index (χ0v) is 47.4. The highest BCUT2D eigenvalue weighted by Gasteiger charge is 2.08. The topological polar surface area (TPSA) is 74.6 Å². The monoisotopic (exact) mass is 1040 g/mol. The number of hydrogen-bond donors (Lipinski definition) is 1. The summed E-state index contributed by atoms with van der Waals surface area (Å²) in [4.78, 5) is 2.69. The van der Waals surface area contributed by atoms with E-state index in [4.69, 9.17) is 4.55 Å². The highest BCUT2D eigenvalue weighted by molar-refractivity contribution is 9.10. The predicted molar refractivity (Wildman–Crippen MR) is 302 cm³/mol. The minimum absolute atomic E-state index is 0.0289. The van der Waals surface area contributed by atoms with Crippen LogP contribution in [0.15, 0.2) is 77.8 Å². The van der Waals surface area contributed by atoms with E-state index in [0.717, 1.165) is 17.6 Å². The molecule has 1 N–H and O–H groups in total. The van der Waals surface area contributed by atoms with Gasteiger partial charge in [-0.3, -0.25) is 4.55 Å². The molecule has 0 atom stereocenters. The summed E-state index contributed by atoms with van der Waals surface area (Å²) < 4.78 is 36.1. The van der Waals surface area contributed by atoms with Crippen LogP contribution in [0, 0.1) is 0 Å². The van der Waals surface area contributed by atoms with E-state index in [0.29, 0.717) is 0 Å². The number of hydrogen-bond acceptors (Lipinski definition) is 4. The van der Waals surface area contributed by atoms with Gasteiger partial charge in [-0.2, -0.15) is 8.42 Å². The molecule has 2 heterocycles. The van der Waals surface area contributed by atoms with Crippen LogP contribution in [0.2, 0.25) is 0 Å². The van der Waals surface area contributed by atoms with Crippen molar-refractivity contribution in [1.29, 1.82) is 0 Å². The first-order chi connectivity index (χ1) is 33.7. The van der Waals surface area contributed by atoms with E-state index in [9.17, 15) is 8.42 Å². The Balaban J connectivity index is 0.00000134. The third-order valence-electron chi connectivity index (χ3n) is 13.1. The molecule has 3 aromatic rings. The second-order valence-corrected chi connectivity index (χ2v) is 21.1. The van der Waals surface area contributed by atoms with Crippen LogP contribution in [0.5, 0.6) is 0 Å². The van der Waals surface area contributed by atoms with Crippen LogP contribution in [-0.4, -0.2) is 32.7 Å². The van der Waals surface area contributed by atoms with Gasteiger partial charge >= 0.3 is 10.4 Å². The number of halogens is 1. The first-order valence-electron chi connectivity index (χ1n) is 28.4. The van der Waals surface area contributed by atoms with Gasteiger partial charge in [0.1, 0.15) is 13.1 Å². The fourth-order valence-corrected chi connectivity index (χ4v) is 9.52. The third-order valence-corrected chi connectivity index (χ3v) is 14.2. The molecule has 0 aliphatic heterocycles. The molecule has 1 aromatic carbocycles. The van der Waals surface area contributed by atoms with Crippen LogP contribution in [-0.2, 0) is 27.7 Å². The van der Waals surface area contributed by atoms with Crippen molar-refractivity contribution in [1.82, 2.24) is 0 Å². The van der Waals surface area contributed by atoms with E-state index in [1.807, 2.05) is 18.2 Å². The Morgan fingerprint density at radius 3 is 1.17 bits per heavy atom. The first kappa shape index (κ1) is 64.4. The van der Waals surface area contributed by atoms with Gasteiger partial charge in [0.05, 0.1) is 11.1 Å². The number of pyridine rings is 2. The highest BCUT2D eigenvalue weighted by atomic mass is 79.9. The Bertz CT molecular complexity index is 1670. The van der Waals surface area contributed by atoms with E-state index in [1.54, 1.807) is 0 Å². The fraction of sp³-hybridized carbons (Fsp3) is 0.700. The van der Waals surface area contributed by atoms with Gasteiger partial charge in [-0.25, -0.2) is 13.3 Å². The summed E-state index contributed by atoms with van der Waals surface area (Å²) in [6.07, 6.45) is 58.7. The molecule has 2 aromatic heterocycles. The van der Waals surface area contributed by atoms with Crippen molar-refractivity contribution < 1.29 is 26.3 Å². The average molecular weight is 1040 g/mol. The number of aryl methyl sites for hydroxylation is 2. The number of aromatic nitrogens is 2. The second kappa shape index (κ2) is 46.5. The lowest BCUT2D eigenvalue weighted by Gasteiger charge is -2.25. The summed E-state index contributed by atoms with van der Waals surface area (Å²) in [5, 5.41) is 0. The maximum Gasteiger partial charge on any atom is 0.397 e. The molecule has 7 nitrogen and oxygen atoms in total. The summed E-state index contributed by atoms with van der Waals surface area (Å²) >= 11 is 3.75. The average Bonchev–Trinajstić information content (AvgIpc) is 3.35. The van der Waals surface area contributed by atoms with Crippen LogP contribution in [0.25, 0.3) is 12.2 Å². The molecule has 0 unspecified atom stereocenters. The van der Waals surface area contributed by atoms with Crippen molar-refractivity contribution in [2.45, 2.75) is 253 Å². The lowest BCUT2D eigenvalue weighted by Crippen LogP contribution is -2.31. The SMILES string of the molecule is CCCCCCCCCCCCCCCCCCN(CCCCCCCCCCCCCCCCCC)c1ccc(/C=C/c2cc[n+](CC)cc2Br)cc1.CCOS(=O)(=O)O.CC[n+]1ccccc1. The van der Waals surface area contributed by atoms with Gasteiger partial charge < -0.3 is 4.90 Å². The standard InChI is InChI=1S/C51H88BrN2.C7H10N.C2H6O4S/c1-4-7-9-11-13-15-17-19-21-23-25-27-29-31-33-35-44-54(45-36-34-32-30-28-26-24-22-20-18-16-14-12-10-8-5-2)50-41-38-48(39-42-50)37-40-49-43-46-53(6-3)47-51(49)52;1-2-8-6-4-3-5-7-8;1-2-6-7(3,4)5/h37-43,46-47H,4-36,44-45H2,1-3H3;3-7H,2H2,1H3;2H2,1H3,(H,3,4,5)/q2*+1;. The van der Waals surface area contributed by atoms with Crippen molar-refractivity contribution >= 4 is 44.2 Å². The molecule has 9 heteroatoms. The van der Waals surface area contributed by atoms with Crippen molar-refractivity contribution in [2.24, 2.45) is 0 Å². The molecule has 0 saturated carbocycles. The Hall–Kier alpha value is -2.59. The predicted octanol–water partition coefficient (Wildman–Crippen LogP) is 18.1. The molecule has 69 heavy (non-hydrogen) atoms. The molecule has 0 saturated heterocycles. The van der Waals surface area contributed by atoms with Gasteiger partial charge in [-0.05, 0) is 67.2 Å². The normalized spacial score (nSPS) is 11.3. The molecule has 0 radical (unpaired) electrons. The number of rotatable bonds is 41. The summed E-state index contributed by atoms with van der Waals surface area (Å²) in [5.74, 6) is 0. The van der Waals surface area contributed by atoms with Gasteiger partial charge in [-0.15, -0.1) is 0 Å².